The number of anilines is 1. The molecule has 1 aromatic heterocycles. The van der Waals surface area contributed by atoms with Gasteiger partial charge in [-0.3, -0.25) is 4.79 Å². The fraction of sp³-hybridized carbons (Fsp3) is 0.364. The molecule has 1 amide bonds. The highest BCUT2D eigenvalue weighted by molar-refractivity contribution is 8.00. The molecule has 1 aliphatic rings. The van der Waals surface area contributed by atoms with Gasteiger partial charge in [-0.2, -0.15) is 10.5 Å². The maximum atomic E-state index is 14.3. The number of hydrogen-bond donors (Lipinski definition) is 2. The smallest absolute Gasteiger partial charge is 0.235 e. The van der Waals surface area contributed by atoms with Crippen LogP contribution in [0.25, 0.3) is 0 Å². The van der Waals surface area contributed by atoms with Crippen LogP contribution >= 0.6 is 11.8 Å². The number of nitrogens with zero attached hydrogens (tertiary/aromatic N) is 4. The molecular formula is C22H23FN6OS. The zero-order chi connectivity index (χ0) is 22.5. The van der Waals surface area contributed by atoms with E-state index >= 15 is 0 Å². The van der Waals surface area contributed by atoms with E-state index in [0.29, 0.717) is 41.4 Å². The van der Waals surface area contributed by atoms with Crippen LogP contribution in [0.3, 0.4) is 0 Å². The Morgan fingerprint density at radius 3 is 2.55 bits per heavy atom. The number of alkyl halides is 1. The average Bonchev–Trinajstić information content (AvgIpc) is 2.78. The lowest BCUT2D eigenvalue weighted by Gasteiger charge is -2.34. The monoisotopic (exact) mass is 438 g/mol. The van der Waals surface area contributed by atoms with E-state index in [1.807, 2.05) is 13.0 Å². The van der Waals surface area contributed by atoms with Crippen molar-refractivity contribution in [3.63, 3.8) is 0 Å². The Bertz CT molecular complexity index is 1050. The van der Waals surface area contributed by atoms with E-state index in [1.54, 1.807) is 29.2 Å². The van der Waals surface area contributed by atoms with Gasteiger partial charge in [-0.25, -0.2) is 9.37 Å². The summed E-state index contributed by atoms with van der Waals surface area (Å²) >= 11 is 1.07. The van der Waals surface area contributed by atoms with Crippen molar-refractivity contribution in [1.82, 2.24) is 4.98 Å². The summed E-state index contributed by atoms with van der Waals surface area (Å²) in [5.74, 6) is -0.259. The number of thioether (sulfide) groups is 1. The molecule has 1 aromatic carbocycles. The van der Waals surface area contributed by atoms with Gasteiger partial charge in [0.1, 0.15) is 34.4 Å². The topological polar surface area (TPSA) is 133 Å². The van der Waals surface area contributed by atoms with Gasteiger partial charge in [0.05, 0.1) is 17.7 Å². The first kappa shape index (κ1) is 22.5. The number of piperidine rings is 1. The molecule has 0 saturated carbocycles. The van der Waals surface area contributed by atoms with Gasteiger partial charge in [0, 0.05) is 12.6 Å². The minimum atomic E-state index is -1.25. The zero-order valence-electron chi connectivity index (χ0n) is 17.1. The number of amides is 1. The number of primary amides is 1. The van der Waals surface area contributed by atoms with E-state index in [0.717, 1.165) is 11.8 Å². The first-order valence-electron chi connectivity index (χ1n) is 9.93. The first-order valence-corrected chi connectivity index (χ1v) is 10.8. The van der Waals surface area contributed by atoms with Crippen LogP contribution in [-0.2, 0) is 11.2 Å². The van der Waals surface area contributed by atoms with Gasteiger partial charge in [-0.15, -0.1) is 0 Å². The van der Waals surface area contributed by atoms with Crippen LogP contribution in [0.1, 0.15) is 40.8 Å². The third kappa shape index (κ3) is 4.63. The van der Waals surface area contributed by atoms with Gasteiger partial charge in [-0.1, -0.05) is 49.0 Å². The largest absolute Gasteiger partial charge is 0.368 e. The molecule has 3 unspecified atom stereocenters. The fourth-order valence-corrected chi connectivity index (χ4v) is 4.70. The van der Waals surface area contributed by atoms with Gasteiger partial charge in [0.25, 0.3) is 0 Å². The van der Waals surface area contributed by atoms with Crippen molar-refractivity contribution in [2.24, 2.45) is 11.5 Å². The Kier molecular flexibility index (Phi) is 7.11. The molecule has 2 aromatic rings. The van der Waals surface area contributed by atoms with Gasteiger partial charge in [-0.05, 0) is 24.0 Å². The predicted molar refractivity (Wildman–Crippen MR) is 117 cm³/mol. The van der Waals surface area contributed by atoms with E-state index in [4.69, 9.17) is 11.5 Å². The highest BCUT2D eigenvalue weighted by atomic mass is 32.2. The number of pyridine rings is 1. The van der Waals surface area contributed by atoms with E-state index in [1.165, 1.54) is 0 Å². The van der Waals surface area contributed by atoms with E-state index in [-0.39, 0.29) is 17.7 Å². The lowest BCUT2D eigenvalue weighted by molar-refractivity contribution is -0.117. The fourth-order valence-electron chi connectivity index (χ4n) is 3.64. The quantitative estimate of drug-likeness (QED) is 0.662. The molecule has 1 fully saturated rings. The first-order chi connectivity index (χ1) is 14.9. The summed E-state index contributed by atoms with van der Waals surface area (Å²) in [6, 6.07) is 12.7. The maximum Gasteiger partial charge on any atom is 0.235 e. The molecule has 0 spiro atoms. The van der Waals surface area contributed by atoms with Crippen LogP contribution < -0.4 is 16.4 Å². The highest BCUT2D eigenvalue weighted by Crippen LogP contribution is 2.39. The second-order valence-electron chi connectivity index (χ2n) is 7.27. The SMILES string of the molecule is CCc1c(C#N)c(SC(C(N)=O)c2ccccc2)nc(N2CCC(N)C(F)C2)c1C#N. The van der Waals surface area contributed by atoms with Crippen molar-refractivity contribution in [3.05, 3.63) is 52.6 Å². The number of carbonyl (C=O) groups excluding carboxylic acids is 1. The molecule has 1 aliphatic heterocycles. The van der Waals surface area contributed by atoms with E-state index in [9.17, 15) is 19.7 Å². The second kappa shape index (κ2) is 9.78. The third-order valence-corrected chi connectivity index (χ3v) is 6.57. The molecule has 2 heterocycles. The summed E-state index contributed by atoms with van der Waals surface area (Å²) in [6.07, 6.45) is -0.416. The Morgan fingerprint density at radius 1 is 1.32 bits per heavy atom. The summed E-state index contributed by atoms with van der Waals surface area (Å²) in [6.45, 7) is 2.29. The molecule has 31 heavy (non-hydrogen) atoms. The number of halogens is 1. The van der Waals surface area contributed by atoms with Crippen LogP contribution in [0.4, 0.5) is 10.2 Å². The number of nitriles is 2. The number of hydrogen-bond acceptors (Lipinski definition) is 7. The number of nitrogens with two attached hydrogens (primary N) is 2. The second-order valence-corrected chi connectivity index (χ2v) is 8.37. The third-order valence-electron chi connectivity index (χ3n) is 5.31. The molecule has 0 bridgehead atoms. The van der Waals surface area contributed by atoms with Crippen molar-refractivity contribution in [1.29, 1.82) is 10.5 Å². The average molecular weight is 439 g/mol. The van der Waals surface area contributed by atoms with Crippen molar-refractivity contribution < 1.29 is 9.18 Å². The number of benzene rings is 1. The molecule has 3 rings (SSSR count). The Hall–Kier alpha value is -3.14. The molecule has 160 valence electrons. The van der Waals surface area contributed by atoms with Gasteiger partial charge >= 0.3 is 0 Å². The minimum absolute atomic E-state index is 0.0138. The Balaban J connectivity index is 2.12. The molecule has 0 aliphatic carbocycles. The normalized spacial score (nSPS) is 19.3. The summed E-state index contributed by atoms with van der Waals surface area (Å²) < 4.78 is 14.3. The van der Waals surface area contributed by atoms with Crippen LogP contribution in [0.2, 0.25) is 0 Å². The van der Waals surface area contributed by atoms with Crippen LogP contribution in [-0.4, -0.2) is 36.2 Å². The number of carbonyl (C=O) groups is 1. The van der Waals surface area contributed by atoms with Crippen molar-refractivity contribution in [2.45, 2.75) is 42.3 Å². The lowest BCUT2D eigenvalue weighted by atomic mass is 9.99. The van der Waals surface area contributed by atoms with Crippen LogP contribution in [0.15, 0.2) is 35.4 Å². The summed E-state index contributed by atoms with van der Waals surface area (Å²) in [7, 11) is 0. The molecule has 4 N–H and O–H groups in total. The maximum absolute atomic E-state index is 14.3. The van der Waals surface area contributed by atoms with Crippen LogP contribution in [0, 0.1) is 22.7 Å². The predicted octanol–water partition coefficient (Wildman–Crippen LogP) is 2.58. The standard InChI is InChI=1S/C22H23FN6OS/c1-2-14-15(10-24)21(29-9-8-18(26)17(23)12-29)28-22(16(14)11-25)31-19(20(27)30)13-6-4-3-5-7-13/h3-7,17-19H,2,8-9,12,26H2,1H3,(H2,27,30). The number of rotatable bonds is 6. The number of aromatic nitrogens is 1. The van der Waals surface area contributed by atoms with Crippen molar-refractivity contribution in [2.75, 3.05) is 18.0 Å². The van der Waals surface area contributed by atoms with Crippen molar-refractivity contribution in [3.8, 4) is 12.1 Å². The highest BCUT2D eigenvalue weighted by Gasteiger charge is 2.31. The molecule has 1 saturated heterocycles. The Morgan fingerprint density at radius 2 is 2.00 bits per heavy atom. The van der Waals surface area contributed by atoms with Gasteiger partial charge < -0.3 is 16.4 Å². The van der Waals surface area contributed by atoms with Crippen molar-refractivity contribution >= 4 is 23.5 Å². The van der Waals surface area contributed by atoms with E-state index < -0.39 is 23.4 Å². The molecule has 0 radical (unpaired) electrons. The van der Waals surface area contributed by atoms with Crippen LogP contribution in [0.5, 0.6) is 0 Å². The lowest BCUT2D eigenvalue weighted by Crippen LogP contribution is -2.49. The molecule has 7 nitrogen and oxygen atoms in total. The van der Waals surface area contributed by atoms with Gasteiger partial charge in [0.2, 0.25) is 5.91 Å². The minimum Gasteiger partial charge on any atom is -0.368 e. The summed E-state index contributed by atoms with van der Waals surface area (Å²) in [5.41, 5.74) is 13.1. The van der Waals surface area contributed by atoms with Gasteiger partial charge in [0.15, 0.2) is 0 Å². The molecular weight excluding hydrogens is 415 g/mol. The molecule has 3 atom stereocenters. The Labute approximate surface area is 184 Å². The molecule has 9 heteroatoms. The summed E-state index contributed by atoms with van der Waals surface area (Å²) in [4.78, 5) is 18.5. The van der Waals surface area contributed by atoms with E-state index in [2.05, 4.69) is 17.1 Å². The summed E-state index contributed by atoms with van der Waals surface area (Å²) in [5, 5.41) is 19.2. The zero-order valence-corrected chi connectivity index (χ0v) is 17.9.